The molecule has 23 heavy (non-hydrogen) atoms. The van der Waals surface area contributed by atoms with Crippen LogP contribution in [-0.2, 0) is 9.59 Å². The number of ketones is 1. The lowest BCUT2D eigenvalue weighted by atomic mass is 10.1. The van der Waals surface area contributed by atoms with E-state index in [1.807, 2.05) is 0 Å². The van der Waals surface area contributed by atoms with Crippen molar-refractivity contribution in [1.29, 1.82) is 0 Å². The SMILES string of the molecule is CC(=O)c1ccc(N(CCC(=O)NCCC(C)C)C(C)=O)cc1. The number of hydrogen-bond acceptors (Lipinski definition) is 3. The summed E-state index contributed by atoms with van der Waals surface area (Å²) in [7, 11) is 0. The molecule has 0 spiro atoms. The molecule has 0 heterocycles. The third-order valence-electron chi connectivity index (χ3n) is 3.57. The first-order valence-electron chi connectivity index (χ1n) is 7.97. The highest BCUT2D eigenvalue weighted by atomic mass is 16.2. The van der Waals surface area contributed by atoms with E-state index in [2.05, 4.69) is 19.2 Å². The second-order valence-corrected chi connectivity index (χ2v) is 6.06. The maximum Gasteiger partial charge on any atom is 0.223 e. The van der Waals surface area contributed by atoms with E-state index in [-0.39, 0.29) is 24.0 Å². The van der Waals surface area contributed by atoms with Crippen molar-refractivity contribution < 1.29 is 14.4 Å². The van der Waals surface area contributed by atoms with Gasteiger partial charge in [-0.1, -0.05) is 13.8 Å². The van der Waals surface area contributed by atoms with Crippen molar-refractivity contribution in [3.05, 3.63) is 29.8 Å². The van der Waals surface area contributed by atoms with E-state index in [4.69, 9.17) is 0 Å². The highest BCUT2D eigenvalue weighted by Crippen LogP contribution is 2.16. The van der Waals surface area contributed by atoms with E-state index in [9.17, 15) is 14.4 Å². The number of carbonyl (C=O) groups is 3. The lowest BCUT2D eigenvalue weighted by Crippen LogP contribution is -2.34. The van der Waals surface area contributed by atoms with E-state index in [1.54, 1.807) is 29.2 Å². The molecule has 5 heteroatoms. The van der Waals surface area contributed by atoms with Crippen LogP contribution < -0.4 is 10.2 Å². The Morgan fingerprint density at radius 2 is 1.70 bits per heavy atom. The Morgan fingerprint density at radius 1 is 1.09 bits per heavy atom. The molecule has 0 aliphatic heterocycles. The summed E-state index contributed by atoms with van der Waals surface area (Å²) in [6, 6.07) is 6.84. The predicted molar refractivity (Wildman–Crippen MR) is 91.6 cm³/mol. The first kappa shape index (κ1) is 18.9. The second kappa shape index (κ2) is 9.08. The maximum atomic E-state index is 11.8. The first-order valence-corrected chi connectivity index (χ1v) is 7.97. The Morgan fingerprint density at radius 3 is 2.17 bits per heavy atom. The molecule has 1 N–H and O–H groups in total. The van der Waals surface area contributed by atoms with Gasteiger partial charge in [-0.05, 0) is 43.5 Å². The predicted octanol–water partition coefficient (Wildman–Crippen LogP) is 2.79. The zero-order valence-corrected chi connectivity index (χ0v) is 14.4. The van der Waals surface area contributed by atoms with Gasteiger partial charge >= 0.3 is 0 Å². The first-order chi connectivity index (χ1) is 10.8. The molecule has 0 aliphatic rings. The van der Waals surface area contributed by atoms with Gasteiger partial charge in [0.25, 0.3) is 0 Å². The van der Waals surface area contributed by atoms with Crippen LogP contribution >= 0.6 is 0 Å². The van der Waals surface area contributed by atoms with Gasteiger partial charge in [0.15, 0.2) is 5.78 Å². The normalized spacial score (nSPS) is 10.5. The van der Waals surface area contributed by atoms with Crippen LogP contribution in [0.25, 0.3) is 0 Å². The fourth-order valence-electron chi connectivity index (χ4n) is 2.15. The van der Waals surface area contributed by atoms with Crippen LogP contribution in [-0.4, -0.2) is 30.7 Å². The number of benzene rings is 1. The number of hydrogen-bond donors (Lipinski definition) is 1. The van der Waals surface area contributed by atoms with Crippen LogP contribution in [0.5, 0.6) is 0 Å². The Bertz CT molecular complexity index is 550. The van der Waals surface area contributed by atoms with Crippen molar-refractivity contribution in [2.45, 2.75) is 40.5 Å². The second-order valence-electron chi connectivity index (χ2n) is 6.06. The van der Waals surface area contributed by atoms with Crippen molar-refractivity contribution in [3.63, 3.8) is 0 Å². The van der Waals surface area contributed by atoms with E-state index >= 15 is 0 Å². The standard InChI is InChI=1S/C18H26N2O3/c1-13(2)9-11-19-18(23)10-12-20(15(4)22)17-7-5-16(6-8-17)14(3)21/h5-8,13H,9-12H2,1-4H3,(H,19,23). The molecule has 0 saturated heterocycles. The van der Waals surface area contributed by atoms with Crippen molar-refractivity contribution >= 4 is 23.3 Å². The van der Waals surface area contributed by atoms with Gasteiger partial charge in [-0.2, -0.15) is 0 Å². The molecule has 0 aliphatic carbocycles. The lowest BCUT2D eigenvalue weighted by Gasteiger charge is -2.21. The molecule has 5 nitrogen and oxygen atoms in total. The fraction of sp³-hybridized carbons (Fsp3) is 0.500. The maximum absolute atomic E-state index is 11.8. The van der Waals surface area contributed by atoms with Crippen LogP contribution in [0.2, 0.25) is 0 Å². The molecule has 0 radical (unpaired) electrons. The largest absolute Gasteiger partial charge is 0.356 e. The summed E-state index contributed by atoms with van der Waals surface area (Å²) >= 11 is 0. The van der Waals surface area contributed by atoms with Crippen LogP contribution in [0.1, 0.15) is 50.9 Å². The van der Waals surface area contributed by atoms with Gasteiger partial charge in [0.1, 0.15) is 0 Å². The molecule has 0 bridgehead atoms. The molecule has 0 fully saturated rings. The van der Waals surface area contributed by atoms with Crippen molar-refractivity contribution in [2.75, 3.05) is 18.0 Å². The van der Waals surface area contributed by atoms with E-state index in [0.29, 0.717) is 30.3 Å². The summed E-state index contributed by atoms with van der Waals surface area (Å²) in [6.07, 6.45) is 1.20. The summed E-state index contributed by atoms with van der Waals surface area (Å²) in [5, 5.41) is 2.86. The minimum Gasteiger partial charge on any atom is -0.356 e. The highest BCUT2D eigenvalue weighted by molar-refractivity contribution is 5.96. The molecule has 0 unspecified atom stereocenters. The lowest BCUT2D eigenvalue weighted by molar-refractivity contribution is -0.121. The third-order valence-corrected chi connectivity index (χ3v) is 3.57. The average molecular weight is 318 g/mol. The molecule has 2 amide bonds. The quantitative estimate of drug-likeness (QED) is 0.750. The van der Waals surface area contributed by atoms with Crippen molar-refractivity contribution in [3.8, 4) is 0 Å². The molecule has 126 valence electrons. The van der Waals surface area contributed by atoms with Gasteiger partial charge in [0, 0.05) is 37.7 Å². The van der Waals surface area contributed by atoms with Crippen LogP contribution in [0, 0.1) is 5.92 Å². The minimum atomic E-state index is -0.129. The molecular formula is C18H26N2O3. The van der Waals surface area contributed by atoms with Crippen LogP contribution in [0.15, 0.2) is 24.3 Å². The van der Waals surface area contributed by atoms with Gasteiger partial charge in [0.05, 0.1) is 0 Å². The molecule has 1 aromatic rings. The van der Waals surface area contributed by atoms with Crippen LogP contribution in [0.4, 0.5) is 5.69 Å². The Balaban J connectivity index is 2.60. The molecule has 0 atom stereocenters. The number of nitrogens with one attached hydrogen (secondary N) is 1. The topological polar surface area (TPSA) is 66.5 Å². The Hall–Kier alpha value is -2.17. The monoisotopic (exact) mass is 318 g/mol. The average Bonchev–Trinajstić information content (AvgIpc) is 2.47. The number of nitrogens with zero attached hydrogens (tertiary/aromatic N) is 1. The van der Waals surface area contributed by atoms with E-state index in [1.165, 1.54) is 13.8 Å². The minimum absolute atomic E-state index is 0.0181. The smallest absolute Gasteiger partial charge is 0.223 e. The van der Waals surface area contributed by atoms with Gasteiger partial charge in [0.2, 0.25) is 11.8 Å². The summed E-state index contributed by atoms with van der Waals surface area (Å²) in [5.74, 6) is 0.340. The number of Topliss-reactive ketones (excluding diaryl/α,β-unsaturated/α-hetero) is 1. The van der Waals surface area contributed by atoms with Gasteiger partial charge in [-0.3, -0.25) is 14.4 Å². The van der Waals surface area contributed by atoms with E-state index in [0.717, 1.165) is 6.42 Å². The third kappa shape index (κ3) is 6.63. The summed E-state index contributed by atoms with van der Waals surface area (Å²) in [4.78, 5) is 36.5. The zero-order chi connectivity index (χ0) is 17.4. The van der Waals surface area contributed by atoms with Gasteiger partial charge < -0.3 is 10.2 Å². The number of rotatable bonds is 8. The van der Waals surface area contributed by atoms with Crippen molar-refractivity contribution in [2.24, 2.45) is 5.92 Å². The van der Waals surface area contributed by atoms with Gasteiger partial charge in [-0.25, -0.2) is 0 Å². The molecular weight excluding hydrogens is 292 g/mol. The van der Waals surface area contributed by atoms with Gasteiger partial charge in [-0.15, -0.1) is 0 Å². The number of carbonyl (C=O) groups excluding carboxylic acids is 3. The molecule has 0 aromatic heterocycles. The molecule has 1 aromatic carbocycles. The Kier molecular flexibility index (Phi) is 7.45. The molecule has 1 rings (SSSR count). The fourth-order valence-corrected chi connectivity index (χ4v) is 2.15. The highest BCUT2D eigenvalue weighted by Gasteiger charge is 2.13. The molecule has 0 saturated carbocycles. The number of anilines is 1. The van der Waals surface area contributed by atoms with Crippen molar-refractivity contribution in [1.82, 2.24) is 5.32 Å². The van der Waals surface area contributed by atoms with E-state index < -0.39 is 0 Å². The Labute approximate surface area is 138 Å². The zero-order valence-electron chi connectivity index (χ0n) is 14.4. The number of amides is 2. The van der Waals surface area contributed by atoms with Crippen LogP contribution in [0.3, 0.4) is 0 Å². The summed E-state index contributed by atoms with van der Waals surface area (Å²) < 4.78 is 0. The summed E-state index contributed by atoms with van der Waals surface area (Å²) in [5.41, 5.74) is 1.29. The summed E-state index contributed by atoms with van der Waals surface area (Å²) in [6.45, 7) is 8.16.